The largest absolute Gasteiger partial charge is 0.351 e. The van der Waals surface area contributed by atoms with Crippen LogP contribution < -0.4 is 11.1 Å². The average Bonchev–Trinajstić information content (AvgIpc) is 3.02. The van der Waals surface area contributed by atoms with Gasteiger partial charge in [0.1, 0.15) is 0 Å². The summed E-state index contributed by atoms with van der Waals surface area (Å²) in [6.07, 6.45) is 3.83. The molecule has 3 aliphatic rings. The molecule has 0 aromatic heterocycles. The van der Waals surface area contributed by atoms with Crippen LogP contribution in [0.4, 0.5) is 0 Å². The highest BCUT2D eigenvalue weighted by atomic mass is 16.2. The molecule has 5 atom stereocenters. The van der Waals surface area contributed by atoms with Crippen LogP contribution in [0.25, 0.3) is 0 Å². The second-order valence-corrected chi connectivity index (χ2v) is 8.02. The van der Waals surface area contributed by atoms with Crippen molar-refractivity contribution in [1.82, 2.24) is 10.2 Å². The highest BCUT2D eigenvalue weighted by Gasteiger charge is 2.49. The maximum atomic E-state index is 12.5. The van der Waals surface area contributed by atoms with E-state index in [0.29, 0.717) is 24.8 Å². The van der Waals surface area contributed by atoms with Gasteiger partial charge in [-0.1, -0.05) is 0 Å². The van der Waals surface area contributed by atoms with E-state index in [1.807, 2.05) is 25.7 Å². The van der Waals surface area contributed by atoms with Gasteiger partial charge in [0.2, 0.25) is 11.8 Å². The Morgan fingerprint density at radius 3 is 2.48 bits per heavy atom. The molecule has 3 fully saturated rings. The highest BCUT2D eigenvalue weighted by molar-refractivity contribution is 5.84. The smallest absolute Gasteiger partial charge is 0.225 e. The normalized spacial score (nSPS) is 39.1. The van der Waals surface area contributed by atoms with Crippen LogP contribution in [0.1, 0.15) is 46.5 Å². The first kappa shape index (κ1) is 14.8. The molecule has 1 saturated heterocycles. The molecule has 21 heavy (non-hydrogen) atoms. The molecule has 2 saturated carbocycles. The Balaban J connectivity index is 1.60. The summed E-state index contributed by atoms with van der Waals surface area (Å²) >= 11 is 0. The van der Waals surface area contributed by atoms with Crippen LogP contribution in [0.2, 0.25) is 0 Å². The summed E-state index contributed by atoms with van der Waals surface area (Å²) in [4.78, 5) is 26.5. The van der Waals surface area contributed by atoms with Gasteiger partial charge in [-0.15, -0.1) is 0 Å². The van der Waals surface area contributed by atoms with Crippen molar-refractivity contribution in [3.63, 3.8) is 0 Å². The number of hydrogen-bond acceptors (Lipinski definition) is 3. The third-order valence-corrected chi connectivity index (χ3v) is 5.56. The molecule has 5 nitrogen and oxygen atoms in total. The number of amides is 2. The summed E-state index contributed by atoms with van der Waals surface area (Å²) in [6, 6.07) is -0.0462. The van der Waals surface area contributed by atoms with Gasteiger partial charge in [-0.3, -0.25) is 9.59 Å². The fourth-order valence-corrected chi connectivity index (χ4v) is 4.47. The molecular weight excluding hydrogens is 266 g/mol. The SMILES string of the molecule is CC(C)(C)N1CC(NC(=O)C2C3CCC(C3)C2N)CC1=O. The van der Waals surface area contributed by atoms with Gasteiger partial charge in [-0.05, 0) is 51.9 Å². The standard InChI is InChI=1S/C16H27N3O2/c1-16(2,3)19-8-11(7-12(19)20)18-15(21)13-9-4-5-10(6-9)14(13)17/h9-11,13-14H,4-8,17H2,1-3H3,(H,18,21). The summed E-state index contributed by atoms with van der Waals surface area (Å²) in [5.74, 6) is 1.15. The van der Waals surface area contributed by atoms with E-state index in [4.69, 9.17) is 5.73 Å². The predicted molar refractivity (Wildman–Crippen MR) is 80.3 cm³/mol. The van der Waals surface area contributed by atoms with Crippen molar-refractivity contribution in [1.29, 1.82) is 0 Å². The van der Waals surface area contributed by atoms with E-state index < -0.39 is 0 Å². The van der Waals surface area contributed by atoms with Crippen molar-refractivity contribution in [2.24, 2.45) is 23.5 Å². The van der Waals surface area contributed by atoms with E-state index >= 15 is 0 Å². The van der Waals surface area contributed by atoms with Crippen LogP contribution in [0.5, 0.6) is 0 Å². The van der Waals surface area contributed by atoms with Gasteiger partial charge in [0.25, 0.3) is 0 Å². The molecule has 5 unspecified atom stereocenters. The first-order valence-corrected chi connectivity index (χ1v) is 8.14. The number of carbonyl (C=O) groups excluding carboxylic acids is 2. The maximum absolute atomic E-state index is 12.5. The predicted octanol–water partition coefficient (Wildman–Crippen LogP) is 0.875. The van der Waals surface area contributed by atoms with Crippen LogP contribution in [0.3, 0.4) is 0 Å². The molecule has 2 aliphatic carbocycles. The Kier molecular flexibility index (Phi) is 3.51. The van der Waals surface area contributed by atoms with Gasteiger partial charge in [-0.25, -0.2) is 0 Å². The molecule has 2 amide bonds. The zero-order valence-electron chi connectivity index (χ0n) is 13.3. The van der Waals surface area contributed by atoms with Gasteiger partial charge in [0.05, 0.1) is 12.0 Å². The zero-order valence-corrected chi connectivity index (χ0v) is 13.3. The topological polar surface area (TPSA) is 75.4 Å². The summed E-state index contributed by atoms with van der Waals surface area (Å²) < 4.78 is 0. The van der Waals surface area contributed by atoms with Crippen LogP contribution >= 0.6 is 0 Å². The average molecular weight is 293 g/mol. The molecule has 118 valence electrons. The monoisotopic (exact) mass is 293 g/mol. The lowest BCUT2D eigenvalue weighted by Crippen LogP contribution is -2.49. The summed E-state index contributed by atoms with van der Waals surface area (Å²) in [5, 5.41) is 3.09. The van der Waals surface area contributed by atoms with Crippen LogP contribution in [0.15, 0.2) is 0 Å². The molecule has 3 N–H and O–H groups in total. The molecule has 3 rings (SSSR count). The minimum atomic E-state index is -0.181. The van der Waals surface area contributed by atoms with E-state index in [1.165, 1.54) is 6.42 Å². The van der Waals surface area contributed by atoms with Gasteiger partial charge < -0.3 is 16.0 Å². The van der Waals surface area contributed by atoms with E-state index in [2.05, 4.69) is 5.32 Å². The molecule has 1 heterocycles. The minimum absolute atomic E-state index is 0.0135. The van der Waals surface area contributed by atoms with Gasteiger partial charge in [-0.2, -0.15) is 0 Å². The van der Waals surface area contributed by atoms with Crippen LogP contribution in [0, 0.1) is 17.8 Å². The lowest BCUT2D eigenvalue weighted by atomic mass is 9.84. The van der Waals surface area contributed by atoms with Crippen molar-refractivity contribution in [3.8, 4) is 0 Å². The molecule has 5 heteroatoms. The Morgan fingerprint density at radius 2 is 1.95 bits per heavy atom. The second kappa shape index (κ2) is 4.97. The highest BCUT2D eigenvalue weighted by Crippen LogP contribution is 2.47. The quantitative estimate of drug-likeness (QED) is 0.793. The Labute approximate surface area is 126 Å². The third-order valence-electron chi connectivity index (χ3n) is 5.56. The Morgan fingerprint density at radius 1 is 1.29 bits per heavy atom. The number of nitrogens with zero attached hydrogens (tertiary/aromatic N) is 1. The zero-order chi connectivity index (χ0) is 15.4. The number of likely N-dealkylation sites (tertiary alicyclic amines) is 1. The van der Waals surface area contributed by atoms with Crippen molar-refractivity contribution in [3.05, 3.63) is 0 Å². The van der Waals surface area contributed by atoms with Gasteiger partial charge in [0, 0.05) is 24.5 Å². The number of carbonyl (C=O) groups is 2. The molecule has 0 radical (unpaired) electrons. The fourth-order valence-electron chi connectivity index (χ4n) is 4.47. The summed E-state index contributed by atoms with van der Waals surface area (Å²) in [5.41, 5.74) is 6.04. The van der Waals surface area contributed by atoms with Crippen LogP contribution in [-0.2, 0) is 9.59 Å². The molecule has 1 aliphatic heterocycles. The van der Waals surface area contributed by atoms with E-state index in [9.17, 15) is 9.59 Å². The molecular formula is C16H27N3O2. The molecule has 0 spiro atoms. The summed E-state index contributed by atoms with van der Waals surface area (Å²) in [7, 11) is 0. The third kappa shape index (κ3) is 2.56. The van der Waals surface area contributed by atoms with Crippen molar-refractivity contribution >= 4 is 11.8 Å². The van der Waals surface area contributed by atoms with Crippen molar-refractivity contribution in [2.45, 2.75) is 64.1 Å². The van der Waals surface area contributed by atoms with Crippen molar-refractivity contribution < 1.29 is 9.59 Å². The number of nitrogens with one attached hydrogen (secondary N) is 1. The number of fused-ring (bicyclic) bond motifs is 2. The first-order valence-electron chi connectivity index (χ1n) is 8.14. The fraction of sp³-hybridized carbons (Fsp3) is 0.875. The van der Waals surface area contributed by atoms with Gasteiger partial charge >= 0.3 is 0 Å². The molecule has 2 bridgehead atoms. The second-order valence-electron chi connectivity index (χ2n) is 8.02. The summed E-state index contributed by atoms with van der Waals surface area (Å²) in [6.45, 7) is 6.70. The Bertz CT molecular complexity index is 455. The van der Waals surface area contributed by atoms with E-state index in [1.54, 1.807) is 0 Å². The van der Waals surface area contributed by atoms with Crippen molar-refractivity contribution in [2.75, 3.05) is 6.54 Å². The lowest BCUT2D eigenvalue weighted by Gasteiger charge is -2.32. The first-order chi connectivity index (χ1) is 9.77. The molecule has 0 aromatic carbocycles. The number of hydrogen-bond donors (Lipinski definition) is 2. The Hall–Kier alpha value is -1.10. The number of nitrogens with two attached hydrogens (primary N) is 1. The van der Waals surface area contributed by atoms with E-state index in [0.717, 1.165) is 12.8 Å². The minimum Gasteiger partial charge on any atom is -0.351 e. The molecule has 0 aromatic rings. The number of rotatable bonds is 2. The van der Waals surface area contributed by atoms with Gasteiger partial charge in [0.15, 0.2) is 0 Å². The lowest BCUT2D eigenvalue weighted by molar-refractivity contribution is -0.131. The van der Waals surface area contributed by atoms with E-state index in [-0.39, 0.29) is 35.4 Å². The van der Waals surface area contributed by atoms with Crippen LogP contribution in [-0.4, -0.2) is 40.9 Å². The maximum Gasteiger partial charge on any atom is 0.225 e.